The van der Waals surface area contributed by atoms with Gasteiger partial charge in [-0.1, -0.05) is 12.8 Å². The van der Waals surface area contributed by atoms with Crippen molar-refractivity contribution in [3.63, 3.8) is 0 Å². The zero-order chi connectivity index (χ0) is 8.10. The third-order valence-corrected chi connectivity index (χ3v) is 2.16. The molecule has 2 nitrogen and oxygen atoms in total. The van der Waals surface area contributed by atoms with Crippen molar-refractivity contribution in [2.75, 3.05) is 6.54 Å². The second kappa shape index (κ2) is 4.37. The Bertz CT molecular complexity index is 130. The highest BCUT2D eigenvalue weighted by molar-refractivity contribution is 5.78. The molecule has 1 aliphatic carbocycles. The molecular formula is C9H18N2. The average Bonchev–Trinajstić information content (AvgIpc) is 2.39. The van der Waals surface area contributed by atoms with E-state index in [-0.39, 0.29) is 0 Å². The van der Waals surface area contributed by atoms with Crippen LogP contribution in [-0.2, 0) is 0 Å². The maximum absolute atomic E-state index is 4.15. The van der Waals surface area contributed by atoms with Crippen LogP contribution in [-0.4, -0.2) is 12.3 Å². The Morgan fingerprint density at radius 1 is 1.36 bits per heavy atom. The van der Waals surface area contributed by atoms with Gasteiger partial charge in [0.15, 0.2) is 0 Å². The van der Waals surface area contributed by atoms with E-state index in [1.807, 2.05) is 13.8 Å². The molecular weight excluding hydrogens is 136 g/mol. The molecule has 64 valence electrons. The smallest absolute Gasteiger partial charge is 0.0357 e. The van der Waals surface area contributed by atoms with Crippen molar-refractivity contribution in [2.45, 2.75) is 39.5 Å². The molecule has 0 bridgehead atoms. The number of hydrazone groups is 1. The molecule has 1 saturated carbocycles. The van der Waals surface area contributed by atoms with E-state index in [9.17, 15) is 0 Å². The first-order valence-electron chi connectivity index (χ1n) is 4.53. The van der Waals surface area contributed by atoms with Crippen LogP contribution in [0, 0.1) is 5.92 Å². The Labute approximate surface area is 69.1 Å². The highest BCUT2D eigenvalue weighted by Gasteiger charge is 2.13. The Hall–Kier alpha value is -0.530. The number of hydrogen-bond donors (Lipinski definition) is 1. The van der Waals surface area contributed by atoms with Crippen molar-refractivity contribution < 1.29 is 0 Å². The van der Waals surface area contributed by atoms with E-state index in [4.69, 9.17) is 0 Å². The Morgan fingerprint density at radius 2 is 2.00 bits per heavy atom. The van der Waals surface area contributed by atoms with Gasteiger partial charge in [-0.3, -0.25) is 0 Å². The lowest BCUT2D eigenvalue weighted by atomic mass is 10.1. The fraction of sp³-hybridized carbons (Fsp3) is 0.889. The first-order valence-corrected chi connectivity index (χ1v) is 4.53. The lowest BCUT2D eigenvalue weighted by Crippen LogP contribution is -2.16. The van der Waals surface area contributed by atoms with E-state index in [0.717, 1.165) is 18.2 Å². The van der Waals surface area contributed by atoms with Gasteiger partial charge >= 0.3 is 0 Å². The second-order valence-electron chi connectivity index (χ2n) is 3.57. The van der Waals surface area contributed by atoms with Gasteiger partial charge < -0.3 is 5.43 Å². The summed E-state index contributed by atoms with van der Waals surface area (Å²) < 4.78 is 0. The molecule has 0 aromatic rings. The molecule has 0 spiro atoms. The van der Waals surface area contributed by atoms with Gasteiger partial charge in [-0.15, -0.1) is 0 Å². The summed E-state index contributed by atoms with van der Waals surface area (Å²) in [6.07, 6.45) is 5.62. The first kappa shape index (κ1) is 8.57. The van der Waals surface area contributed by atoms with Crippen LogP contribution in [0.3, 0.4) is 0 Å². The molecule has 0 amide bonds. The van der Waals surface area contributed by atoms with Crippen LogP contribution in [0.4, 0.5) is 0 Å². The molecule has 2 heteroatoms. The van der Waals surface area contributed by atoms with Gasteiger partial charge in [0.25, 0.3) is 0 Å². The molecule has 0 radical (unpaired) electrons. The van der Waals surface area contributed by atoms with E-state index < -0.39 is 0 Å². The van der Waals surface area contributed by atoms with E-state index in [2.05, 4.69) is 10.5 Å². The lowest BCUT2D eigenvalue weighted by molar-refractivity contribution is 0.500. The summed E-state index contributed by atoms with van der Waals surface area (Å²) >= 11 is 0. The Morgan fingerprint density at radius 3 is 2.55 bits per heavy atom. The highest BCUT2D eigenvalue weighted by atomic mass is 15.3. The monoisotopic (exact) mass is 154 g/mol. The van der Waals surface area contributed by atoms with Crippen molar-refractivity contribution in [1.29, 1.82) is 0 Å². The zero-order valence-corrected chi connectivity index (χ0v) is 7.56. The molecule has 1 aliphatic rings. The maximum Gasteiger partial charge on any atom is 0.0357 e. The minimum atomic E-state index is 0.887. The highest BCUT2D eigenvalue weighted by Crippen LogP contribution is 2.23. The van der Waals surface area contributed by atoms with E-state index in [1.54, 1.807) is 0 Å². The molecule has 1 fully saturated rings. The van der Waals surface area contributed by atoms with Crippen molar-refractivity contribution in [3.05, 3.63) is 0 Å². The summed E-state index contributed by atoms with van der Waals surface area (Å²) in [5.41, 5.74) is 4.23. The van der Waals surface area contributed by atoms with E-state index in [1.165, 1.54) is 25.7 Å². The first-order chi connectivity index (χ1) is 5.29. The van der Waals surface area contributed by atoms with Gasteiger partial charge in [-0.25, -0.2) is 0 Å². The molecule has 1 rings (SSSR count). The van der Waals surface area contributed by atoms with Gasteiger partial charge in [0.2, 0.25) is 0 Å². The normalized spacial score (nSPS) is 18.4. The Balaban J connectivity index is 2.07. The molecule has 0 aromatic carbocycles. The standard InChI is InChI=1S/C9H18N2/c1-8(2)11-10-7-9-5-3-4-6-9/h9-10H,3-7H2,1-2H3. The minimum Gasteiger partial charge on any atom is -0.310 e. The largest absolute Gasteiger partial charge is 0.310 e. The van der Waals surface area contributed by atoms with Crippen LogP contribution in [0.15, 0.2) is 5.10 Å². The predicted octanol–water partition coefficient (Wildman–Crippen LogP) is 2.16. The van der Waals surface area contributed by atoms with E-state index in [0.29, 0.717) is 0 Å². The van der Waals surface area contributed by atoms with Gasteiger partial charge in [0.1, 0.15) is 0 Å². The molecule has 1 N–H and O–H groups in total. The van der Waals surface area contributed by atoms with Crippen LogP contribution in [0.1, 0.15) is 39.5 Å². The van der Waals surface area contributed by atoms with Crippen LogP contribution in [0.5, 0.6) is 0 Å². The fourth-order valence-electron chi connectivity index (χ4n) is 1.55. The van der Waals surface area contributed by atoms with Gasteiger partial charge in [0, 0.05) is 12.3 Å². The van der Waals surface area contributed by atoms with Crippen LogP contribution < -0.4 is 5.43 Å². The third kappa shape index (κ3) is 3.40. The van der Waals surface area contributed by atoms with Crippen LogP contribution in [0.25, 0.3) is 0 Å². The number of rotatable bonds is 3. The van der Waals surface area contributed by atoms with Gasteiger partial charge in [0.05, 0.1) is 0 Å². The summed E-state index contributed by atoms with van der Waals surface area (Å²) in [5.74, 6) is 0.887. The molecule has 0 aliphatic heterocycles. The molecule has 0 aromatic heterocycles. The number of nitrogens with zero attached hydrogens (tertiary/aromatic N) is 1. The summed E-state index contributed by atoms with van der Waals surface area (Å²) in [5, 5.41) is 4.15. The lowest BCUT2D eigenvalue weighted by Gasteiger charge is -2.07. The van der Waals surface area contributed by atoms with Crippen molar-refractivity contribution in [2.24, 2.45) is 11.0 Å². The molecule has 11 heavy (non-hydrogen) atoms. The molecule has 0 heterocycles. The second-order valence-corrected chi connectivity index (χ2v) is 3.57. The summed E-state index contributed by atoms with van der Waals surface area (Å²) in [6.45, 7) is 5.11. The van der Waals surface area contributed by atoms with Gasteiger partial charge in [-0.05, 0) is 32.6 Å². The third-order valence-electron chi connectivity index (χ3n) is 2.16. The average molecular weight is 154 g/mol. The topological polar surface area (TPSA) is 24.4 Å². The summed E-state index contributed by atoms with van der Waals surface area (Å²) in [6, 6.07) is 0. The SMILES string of the molecule is CC(C)=NNCC1CCCC1. The van der Waals surface area contributed by atoms with Crippen molar-refractivity contribution in [3.8, 4) is 0 Å². The van der Waals surface area contributed by atoms with Gasteiger partial charge in [-0.2, -0.15) is 5.10 Å². The molecule has 0 atom stereocenters. The zero-order valence-electron chi connectivity index (χ0n) is 7.56. The summed E-state index contributed by atoms with van der Waals surface area (Å²) in [4.78, 5) is 0. The summed E-state index contributed by atoms with van der Waals surface area (Å²) in [7, 11) is 0. The quantitative estimate of drug-likeness (QED) is 0.489. The predicted molar refractivity (Wildman–Crippen MR) is 48.7 cm³/mol. The molecule has 0 unspecified atom stereocenters. The van der Waals surface area contributed by atoms with Crippen LogP contribution in [0.2, 0.25) is 0 Å². The minimum absolute atomic E-state index is 0.887. The number of hydrogen-bond acceptors (Lipinski definition) is 2. The van der Waals surface area contributed by atoms with Crippen molar-refractivity contribution in [1.82, 2.24) is 5.43 Å². The van der Waals surface area contributed by atoms with Crippen molar-refractivity contribution >= 4 is 5.71 Å². The van der Waals surface area contributed by atoms with Crippen LogP contribution >= 0.6 is 0 Å². The maximum atomic E-state index is 4.15. The number of nitrogens with one attached hydrogen (secondary N) is 1. The Kier molecular flexibility index (Phi) is 3.40. The fourth-order valence-corrected chi connectivity index (χ4v) is 1.55. The molecule has 0 saturated heterocycles. The van der Waals surface area contributed by atoms with E-state index >= 15 is 0 Å².